The van der Waals surface area contributed by atoms with Gasteiger partial charge in [-0.15, -0.1) is 5.10 Å². The Bertz CT molecular complexity index is 1070. The summed E-state index contributed by atoms with van der Waals surface area (Å²) in [6.45, 7) is 10.0. The molecule has 0 spiro atoms. The van der Waals surface area contributed by atoms with Crippen molar-refractivity contribution in [3.8, 4) is 0 Å². The Morgan fingerprint density at radius 1 is 1.17 bits per heavy atom. The molecule has 0 amide bonds. The number of aryl methyl sites for hydroxylation is 1. The van der Waals surface area contributed by atoms with Crippen LogP contribution in [0.2, 0.25) is 0 Å². The predicted octanol–water partition coefficient (Wildman–Crippen LogP) is -1.82. The average molecular weight is 639 g/mol. The van der Waals surface area contributed by atoms with Crippen molar-refractivity contribution >= 4 is 34.2 Å². The maximum Gasteiger partial charge on any atom is 1.00 e. The van der Waals surface area contributed by atoms with Crippen molar-refractivity contribution in [3.05, 3.63) is 43.5 Å². The summed E-state index contributed by atoms with van der Waals surface area (Å²) in [6.07, 6.45) is 8.80. The number of hydrogen-bond acceptors (Lipinski definition) is 8. The first kappa shape index (κ1) is 36.5. The van der Waals surface area contributed by atoms with E-state index in [1.165, 1.54) is 24.8 Å². The molecule has 186 valence electrons. The fourth-order valence-corrected chi connectivity index (χ4v) is 3.81. The second-order valence-corrected chi connectivity index (χ2v) is 8.10. The van der Waals surface area contributed by atoms with Crippen molar-refractivity contribution in [3.63, 3.8) is 0 Å². The van der Waals surface area contributed by atoms with Crippen LogP contribution in [0.3, 0.4) is 0 Å². The number of fused-ring (bicyclic) bond motifs is 1. The molecule has 0 aliphatic carbocycles. The molecule has 36 heavy (non-hydrogen) atoms. The second kappa shape index (κ2) is 19.5. The number of benzene rings is 1. The third-order valence-electron chi connectivity index (χ3n) is 5.70. The van der Waals surface area contributed by atoms with Gasteiger partial charge >= 0.3 is 120 Å². The van der Waals surface area contributed by atoms with Gasteiger partial charge in [0.05, 0.1) is 17.4 Å². The molecule has 4 rings (SSSR count). The van der Waals surface area contributed by atoms with Crippen LogP contribution in [0.5, 0.6) is 0 Å². The molecule has 3 aromatic rings. The molecule has 1 aromatic carbocycles. The van der Waals surface area contributed by atoms with Gasteiger partial charge in [-0.1, -0.05) is 23.8 Å². The molecule has 0 saturated carbocycles. The molecule has 0 unspecified atom stereocenters. The van der Waals surface area contributed by atoms with Crippen molar-refractivity contribution in [2.45, 2.75) is 53.0 Å². The van der Waals surface area contributed by atoms with Crippen LogP contribution >= 0.6 is 0 Å². The standard InChI is InChI=1S/C23H32N8.CH3O.CH3.Cs.K/c1-4-11-31-20-14-18(9-10-19(20)28-29-31)26-23-25-16-21(30-12-7-6-8-13-30)22(27-23)24-15-17(3)5-2;1-2;;;/h5,9-10,14,16H,4,6-8,11-13,15H2,1-3H3,(H2,24,25,26,27);1H3;1H3;;/q;2*-1;2*+1/b17-5+;;;;. The molecule has 1 saturated heterocycles. The average Bonchev–Trinajstić information content (AvgIpc) is 3.26. The summed E-state index contributed by atoms with van der Waals surface area (Å²) in [5, 5.41) is 23.6. The Kier molecular flexibility index (Phi) is 19.8. The van der Waals surface area contributed by atoms with Crippen molar-refractivity contribution < 1.29 is 125 Å². The van der Waals surface area contributed by atoms with Crippen LogP contribution in [0.1, 0.15) is 46.5 Å². The molecule has 1 aliphatic rings. The summed E-state index contributed by atoms with van der Waals surface area (Å²) in [5.74, 6) is 1.45. The minimum atomic E-state index is 0. The van der Waals surface area contributed by atoms with Crippen LogP contribution in [0.4, 0.5) is 23.1 Å². The van der Waals surface area contributed by atoms with E-state index in [0.717, 1.165) is 67.9 Å². The molecule has 11 heteroatoms. The molecule has 2 N–H and O–H groups in total. The van der Waals surface area contributed by atoms with Crippen LogP contribution in [0, 0.1) is 7.43 Å². The van der Waals surface area contributed by atoms with Gasteiger partial charge in [-0.05, 0) is 57.7 Å². The largest absolute Gasteiger partial charge is 1.00 e. The zero-order valence-electron chi connectivity index (χ0n) is 23.1. The van der Waals surface area contributed by atoms with Gasteiger partial charge in [0.2, 0.25) is 5.95 Å². The van der Waals surface area contributed by atoms with Gasteiger partial charge in [0.1, 0.15) is 5.52 Å². The van der Waals surface area contributed by atoms with E-state index in [4.69, 9.17) is 10.1 Å². The summed E-state index contributed by atoms with van der Waals surface area (Å²) >= 11 is 0. The number of nitrogens with one attached hydrogen (secondary N) is 2. The number of allylic oxidation sites excluding steroid dienone is 1. The van der Waals surface area contributed by atoms with E-state index in [0.29, 0.717) is 5.95 Å². The minimum Gasteiger partial charge on any atom is -0.857 e. The van der Waals surface area contributed by atoms with Crippen LogP contribution in [-0.4, -0.2) is 51.7 Å². The zero-order valence-corrected chi connectivity index (χ0v) is 32.5. The molecule has 1 aliphatic heterocycles. The number of hydrogen-bond donors (Lipinski definition) is 2. The van der Waals surface area contributed by atoms with Crippen LogP contribution < -0.4 is 141 Å². The maximum atomic E-state index is 8.25. The summed E-state index contributed by atoms with van der Waals surface area (Å²) in [6, 6.07) is 6.03. The molecule has 0 radical (unpaired) electrons. The third kappa shape index (κ3) is 10.2. The summed E-state index contributed by atoms with van der Waals surface area (Å²) in [4.78, 5) is 11.9. The van der Waals surface area contributed by atoms with E-state index in [2.05, 4.69) is 63.7 Å². The Morgan fingerprint density at radius 3 is 2.56 bits per heavy atom. The van der Waals surface area contributed by atoms with Gasteiger partial charge in [-0.3, -0.25) is 0 Å². The maximum absolute atomic E-state index is 8.25. The Labute approximate surface area is 317 Å². The molecule has 2 aromatic heterocycles. The van der Waals surface area contributed by atoms with Gasteiger partial charge in [-0.25, -0.2) is 9.67 Å². The van der Waals surface area contributed by atoms with E-state index in [-0.39, 0.29) is 128 Å². The Morgan fingerprint density at radius 2 is 1.89 bits per heavy atom. The van der Waals surface area contributed by atoms with Crippen molar-refractivity contribution in [2.24, 2.45) is 0 Å². The fraction of sp³-hybridized carbons (Fsp3) is 0.480. The first-order valence-electron chi connectivity index (χ1n) is 11.7. The number of anilines is 4. The number of rotatable bonds is 8. The van der Waals surface area contributed by atoms with E-state index >= 15 is 0 Å². The van der Waals surface area contributed by atoms with E-state index in [9.17, 15) is 0 Å². The second-order valence-electron chi connectivity index (χ2n) is 8.10. The van der Waals surface area contributed by atoms with E-state index in [1.54, 1.807) is 0 Å². The van der Waals surface area contributed by atoms with Gasteiger partial charge in [0.25, 0.3) is 0 Å². The molecule has 0 atom stereocenters. The SMILES string of the molecule is C/C=C(\C)CNc1nc(Nc2ccc3nnn(CCC)c3c2)ncc1N1CCCCC1.C[O-].[CH3-].[Cs+].[K+]. The smallest absolute Gasteiger partial charge is 0.857 e. The molecule has 0 bridgehead atoms. The number of aromatic nitrogens is 5. The summed E-state index contributed by atoms with van der Waals surface area (Å²) < 4.78 is 1.94. The van der Waals surface area contributed by atoms with E-state index < -0.39 is 0 Å². The Balaban J connectivity index is 0.00000239. The summed E-state index contributed by atoms with van der Waals surface area (Å²) in [7, 11) is 0.750. The molecule has 3 heterocycles. The summed E-state index contributed by atoms with van der Waals surface area (Å²) in [5.41, 5.74) is 5.19. The normalized spacial score (nSPS) is 12.9. The monoisotopic (exact) mass is 638 g/mol. The van der Waals surface area contributed by atoms with Crippen molar-refractivity contribution in [1.29, 1.82) is 0 Å². The Hall–Kier alpha value is 0.488. The predicted molar refractivity (Wildman–Crippen MR) is 139 cm³/mol. The van der Waals surface area contributed by atoms with Gasteiger partial charge in [-0.2, -0.15) is 12.1 Å². The topological polar surface area (TPSA) is 107 Å². The van der Waals surface area contributed by atoms with Crippen LogP contribution in [0.25, 0.3) is 11.0 Å². The fourth-order valence-electron chi connectivity index (χ4n) is 3.81. The first-order chi connectivity index (χ1) is 16.2. The van der Waals surface area contributed by atoms with Gasteiger partial charge < -0.3 is 28.1 Å². The van der Waals surface area contributed by atoms with Crippen LogP contribution in [0.15, 0.2) is 36.0 Å². The van der Waals surface area contributed by atoms with Gasteiger partial charge in [0.15, 0.2) is 5.82 Å². The third-order valence-corrected chi connectivity index (χ3v) is 5.70. The molecular weight excluding hydrogens is 600 g/mol. The molecule has 1 fully saturated rings. The van der Waals surface area contributed by atoms with Crippen molar-refractivity contribution in [1.82, 2.24) is 25.0 Å². The minimum absolute atomic E-state index is 0. The van der Waals surface area contributed by atoms with Crippen molar-refractivity contribution in [2.75, 3.05) is 42.3 Å². The number of piperidine rings is 1. The van der Waals surface area contributed by atoms with Crippen LogP contribution in [-0.2, 0) is 6.54 Å². The molecule has 9 nitrogen and oxygen atoms in total. The number of nitrogens with zero attached hydrogens (tertiary/aromatic N) is 6. The quantitative estimate of drug-likeness (QED) is 0.169. The molecular formula is C25H38CsKN8O. The van der Waals surface area contributed by atoms with Gasteiger partial charge in [0, 0.05) is 31.9 Å². The first-order valence-corrected chi connectivity index (χ1v) is 11.7. The zero-order chi connectivity index (χ0) is 23.6. The van der Waals surface area contributed by atoms with E-state index in [1.807, 2.05) is 23.0 Å².